The number of anilines is 1. The normalized spacial score (nSPS) is 17.9. The van der Waals surface area contributed by atoms with Crippen molar-refractivity contribution >= 4 is 11.6 Å². The van der Waals surface area contributed by atoms with Gasteiger partial charge < -0.3 is 15.4 Å². The molecule has 1 aromatic rings. The van der Waals surface area contributed by atoms with Gasteiger partial charge in [-0.15, -0.1) is 0 Å². The van der Waals surface area contributed by atoms with Crippen molar-refractivity contribution in [3.05, 3.63) is 23.5 Å². The van der Waals surface area contributed by atoms with Crippen molar-refractivity contribution in [2.45, 2.75) is 18.8 Å². The lowest BCUT2D eigenvalue weighted by Gasteiger charge is -2.31. The largest absolute Gasteiger partial charge is 0.495 e. The van der Waals surface area contributed by atoms with Crippen LogP contribution < -0.4 is 10.5 Å². The summed E-state index contributed by atoms with van der Waals surface area (Å²) in [6, 6.07) is 2.18. The Labute approximate surface area is 114 Å². The van der Waals surface area contributed by atoms with Gasteiger partial charge in [0.2, 0.25) is 0 Å². The number of rotatable bonds is 2. The van der Waals surface area contributed by atoms with Crippen LogP contribution >= 0.6 is 0 Å². The highest BCUT2D eigenvalue weighted by Gasteiger charge is 2.36. The Morgan fingerprint density at radius 2 is 1.95 bits per heavy atom. The molecule has 1 amide bonds. The number of halogens is 3. The maximum Gasteiger partial charge on any atom is 0.256 e. The topological polar surface area (TPSA) is 55.6 Å². The summed E-state index contributed by atoms with van der Waals surface area (Å²) < 4.78 is 44.8. The Hall–Kier alpha value is -1.92. The number of carbonyl (C=O) groups is 1. The molecular formula is C13H15F3N2O2. The van der Waals surface area contributed by atoms with Crippen LogP contribution in [-0.4, -0.2) is 36.9 Å². The summed E-state index contributed by atoms with van der Waals surface area (Å²) in [4.78, 5) is 13.4. The fourth-order valence-corrected chi connectivity index (χ4v) is 2.12. The van der Waals surface area contributed by atoms with Crippen molar-refractivity contribution in [3.63, 3.8) is 0 Å². The van der Waals surface area contributed by atoms with Crippen LogP contribution in [0.5, 0.6) is 5.75 Å². The molecule has 2 N–H and O–H groups in total. The lowest BCUT2D eigenvalue weighted by atomic mass is 10.0. The monoisotopic (exact) mass is 288 g/mol. The van der Waals surface area contributed by atoms with Crippen LogP contribution in [0, 0.1) is 5.82 Å². The average molecular weight is 288 g/mol. The van der Waals surface area contributed by atoms with E-state index >= 15 is 0 Å². The van der Waals surface area contributed by atoms with E-state index in [1.807, 2.05) is 0 Å². The summed E-state index contributed by atoms with van der Waals surface area (Å²) in [5.74, 6) is -3.99. The zero-order chi connectivity index (χ0) is 14.9. The first kappa shape index (κ1) is 14.5. The third-order valence-corrected chi connectivity index (χ3v) is 3.33. The summed E-state index contributed by atoms with van der Waals surface area (Å²) >= 11 is 0. The number of likely N-dealkylation sites (tertiary alicyclic amines) is 1. The van der Waals surface area contributed by atoms with Gasteiger partial charge in [-0.3, -0.25) is 4.79 Å². The second kappa shape index (κ2) is 5.22. The highest BCUT2D eigenvalue weighted by Crippen LogP contribution is 2.30. The lowest BCUT2D eigenvalue weighted by molar-refractivity contribution is -0.0494. The van der Waals surface area contributed by atoms with Crippen molar-refractivity contribution in [1.82, 2.24) is 4.90 Å². The minimum absolute atomic E-state index is 0.0757. The second-order valence-corrected chi connectivity index (χ2v) is 4.72. The Morgan fingerprint density at radius 3 is 2.50 bits per heavy atom. The van der Waals surface area contributed by atoms with E-state index < -0.39 is 30.5 Å². The molecule has 1 aliphatic heterocycles. The number of benzene rings is 1. The number of nitrogens with zero attached hydrogens (tertiary/aromatic N) is 1. The molecule has 0 aromatic heterocycles. The van der Waals surface area contributed by atoms with Crippen molar-refractivity contribution in [3.8, 4) is 5.75 Å². The zero-order valence-corrected chi connectivity index (χ0v) is 11.0. The molecule has 0 unspecified atom stereocenters. The molecule has 0 aliphatic carbocycles. The van der Waals surface area contributed by atoms with Gasteiger partial charge >= 0.3 is 0 Å². The zero-order valence-electron chi connectivity index (χ0n) is 11.0. The molecule has 2 rings (SSSR count). The van der Waals surface area contributed by atoms with Crippen LogP contribution in [-0.2, 0) is 0 Å². The predicted molar refractivity (Wildman–Crippen MR) is 67.4 cm³/mol. The van der Waals surface area contributed by atoms with Gasteiger partial charge in [-0.1, -0.05) is 0 Å². The van der Waals surface area contributed by atoms with E-state index in [0.717, 1.165) is 6.07 Å². The first-order chi connectivity index (χ1) is 9.34. The summed E-state index contributed by atoms with van der Waals surface area (Å²) in [6.07, 6.45) is -0.821. The Morgan fingerprint density at radius 1 is 1.35 bits per heavy atom. The smallest absolute Gasteiger partial charge is 0.256 e. The van der Waals surface area contributed by atoms with Crippen molar-refractivity contribution in [2.75, 3.05) is 25.9 Å². The van der Waals surface area contributed by atoms with Gasteiger partial charge in [0.1, 0.15) is 11.6 Å². The average Bonchev–Trinajstić information content (AvgIpc) is 2.38. The molecule has 1 heterocycles. The van der Waals surface area contributed by atoms with Gasteiger partial charge in [0.05, 0.1) is 18.4 Å². The van der Waals surface area contributed by atoms with E-state index in [1.54, 1.807) is 0 Å². The number of ether oxygens (including phenoxy) is 1. The second-order valence-electron chi connectivity index (χ2n) is 4.72. The number of hydrogen-bond acceptors (Lipinski definition) is 3. The van der Waals surface area contributed by atoms with Gasteiger partial charge in [-0.05, 0) is 6.07 Å². The molecule has 0 spiro atoms. The van der Waals surface area contributed by atoms with Gasteiger partial charge in [0.25, 0.3) is 11.8 Å². The third kappa shape index (κ3) is 2.81. The fourth-order valence-electron chi connectivity index (χ4n) is 2.12. The third-order valence-electron chi connectivity index (χ3n) is 3.33. The molecular weight excluding hydrogens is 273 g/mol. The van der Waals surface area contributed by atoms with Crippen LogP contribution in [0.2, 0.25) is 0 Å². The van der Waals surface area contributed by atoms with E-state index in [4.69, 9.17) is 10.5 Å². The molecule has 0 atom stereocenters. The molecule has 1 fully saturated rings. The molecule has 0 saturated carbocycles. The maximum atomic E-state index is 13.8. The molecule has 4 nitrogen and oxygen atoms in total. The van der Waals surface area contributed by atoms with E-state index in [0.29, 0.717) is 0 Å². The van der Waals surface area contributed by atoms with E-state index in [-0.39, 0.29) is 30.1 Å². The number of amides is 1. The van der Waals surface area contributed by atoms with Crippen LogP contribution in [0.3, 0.4) is 0 Å². The number of carbonyl (C=O) groups excluding carboxylic acids is 1. The first-order valence-corrected chi connectivity index (χ1v) is 6.14. The predicted octanol–water partition coefficient (Wildman–Crippen LogP) is 2.29. The Kier molecular flexibility index (Phi) is 3.78. The molecule has 0 radical (unpaired) electrons. The van der Waals surface area contributed by atoms with Crippen LogP contribution in [0.4, 0.5) is 18.9 Å². The highest BCUT2D eigenvalue weighted by molar-refractivity contribution is 5.95. The quantitative estimate of drug-likeness (QED) is 0.849. The van der Waals surface area contributed by atoms with Crippen molar-refractivity contribution < 1.29 is 22.7 Å². The van der Waals surface area contributed by atoms with E-state index in [2.05, 4.69) is 0 Å². The molecule has 0 bridgehead atoms. The minimum Gasteiger partial charge on any atom is -0.495 e. The van der Waals surface area contributed by atoms with Gasteiger partial charge in [0.15, 0.2) is 0 Å². The van der Waals surface area contributed by atoms with Crippen molar-refractivity contribution in [2.24, 2.45) is 0 Å². The van der Waals surface area contributed by atoms with Gasteiger partial charge in [-0.2, -0.15) is 0 Å². The molecule has 7 heteroatoms. The summed E-state index contributed by atoms with van der Waals surface area (Å²) in [6.45, 7) is -0.198. The van der Waals surface area contributed by atoms with E-state index in [9.17, 15) is 18.0 Å². The molecule has 1 aromatic carbocycles. The Bertz CT molecular complexity index is 525. The first-order valence-electron chi connectivity index (χ1n) is 6.14. The number of piperidine rings is 1. The SMILES string of the molecule is COc1cc(C(=O)N2CCC(F)(F)CC2)c(F)cc1N. The van der Waals surface area contributed by atoms with Gasteiger partial charge in [-0.25, -0.2) is 13.2 Å². The fraction of sp³-hybridized carbons (Fsp3) is 0.462. The number of nitrogens with two attached hydrogens (primary N) is 1. The summed E-state index contributed by atoms with van der Waals surface area (Å²) in [5, 5.41) is 0. The minimum atomic E-state index is -2.76. The van der Waals surface area contributed by atoms with Crippen molar-refractivity contribution in [1.29, 1.82) is 0 Å². The number of alkyl halides is 2. The molecule has 110 valence electrons. The molecule has 1 saturated heterocycles. The summed E-state index contributed by atoms with van der Waals surface area (Å²) in [7, 11) is 1.35. The standard InChI is InChI=1S/C13H15F3N2O2/c1-20-11-6-8(9(14)7-10(11)17)12(19)18-4-2-13(15,16)3-5-18/h6-7H,2-5,17H2,1H3. The number of nitrogen functional groups attached to an aromatic ring is 1. The number of methoxy groups -OCH3 is 1. The van der Waals surface area contributed by atoms with Crippen LogP contribution in [0.25, 0.3) is 0 Å². The van der Waals surface area contributed by atoms with Crippen LogP contribution in [0.1, 0.15) is 23.2 Å². The van der Waals surface area contributed by atoms with E-state index in [1.165, 1.54) is 18.1 Å². The van der Waals surface area contributed by atoms with Gasteiger partial charge in [0, 0.05) is 32.0 Å². The Balaban J connectivity index is 2.22. The van der Waals surface area contributed by atoms with Crippen LogP contribution in [0.15, 0.2) is 12.1 Å². The lowest BCUT2D eigenvalue weighted by Crippen LogP contribution is -2.43. The number of hydrogen-bond donors (Lipinski definition) is 1. The highest BCUT2D eigenvalue weighted by atomic mass is 19.3. The maximum absolute atomic E-state index is 13.8. The molecule has 20 heavy (non-hydrogen) atoms. The molecule has 1 aliphatic rings. The summed E-state index contributed by atoms with van der Waals surface area (Å²) in [5.41, 5.74) is 5.38.